The first-order valence-corrected chi connectivity index (χ1v) is 11.1. The molecule has 6 heteroatoms. The molecule has 0 radical (unpaired) electrons. The Kier molecular flexibility index (Phi) is 5.52. The van der Waals surface area contributed by atoms with Crippen LogP contribution >= 0.6 is 11.8 Å². The van der Waals surface area contributed by atoms with Gasteiger partial charge in [-0.25, -0.2) is 9.78 Å². The zero-order chi connectivity index (χ0) is 21.4. The van der Waals surface area contributed by atoms with Crippen molar-refractivity contribution in [1.29, 1.82) is 0 Å². The molecule has 5 nitrogen and oxygen atoms in total. The third-order valence-electron chi connectivity index (χ3n) is 5.68. The fourth-order valence-electron chi connectivity index (χ4n) is 3.58. The highest BCUT2D eigenvalue weighted by Crippen LogP contribution is 2.29. The van der Waals surface area contributed by atoms with E-state index in [1.54, 1.807) is 4.57 Å². The maximum atomic E-state index is 13.2. The van der Waals surface area contributed by atoms with Crippen LogP contribution < -0.4 is 11.2 Å². The highest BCUT2D eigenvalue weighted by atomic mass is 32.2. The monoisotopic (exact) mass is 420 g/mol. The smallest absolute Gasteiger partial charge is 0.336 e. The van der Waals surface area contributed by atoms with E-state index < -0.39 is 0 Å². The fraction of sp³-hybridized carbons (Fsp3) is 0.292. The number of thioether (sulfide) groups is 1. The number of aromatic nitrogens is 2. The van der Waals surface area contributed by atoms with E-state index in [0.717, 1.165) is 28.5 Å². The molecule has 0 saturated carbocycles. The third-order valence-corrected chi connectivity index (χ3v) is 6.68. The molecule has 2 heterocycles. The number of hydrogen-bond acceptors (Lipinski definition) is 5. The highest BCUT2D eigenvalue weighted by Gasteiger charge is 2.17. The van der Waals surface area contributed by atoms with Crippen molar-refractivity contribution in [2.75, 3.05) is 0 Å². The highest BCUT2D eigenvalue weighted by molar-refractivity contribution is 7.98. The zero-order valence-corrected chi connectivity index (χ0v) is 18.4. The number of nitrogens with zero attached hydrogens (tertiary/aromatic N) is 2. The SMILES string of the molecule is CCC(C)n1c(SCc2cc(=O)oc3c(C)c(C)ccc23)nc2ccccc2c1=O. The minimum atomic E-state index is -0.363. The fourth-order valence-corrected chi connectivity index (χ4v) is 4.67. The van der Waals surface area contributed by atoms with E-state index in [1.807, 2.05) is 57.2 Å². The van der Waals surface area contributed by atoms with Gasteiger partial charge in [-0.2, -0.15) is 0 Å². The minimum Gasteiger partial charge on any atom is -0.422 e. The molecule has 4 rings (SSSR count). The van der Waals surface area contributed by atoms with E-state index in [9.17, 15) is 9.59 Å². The predicted molar refractivity (Wildman–Crippen MR) is 123 cm³/mol. The van der Waals surface area contributed by atoms with Crippen molar-refractivity contribution in [1.82, 2.24) is 9.55 Å². The van der Waals surface area contributed by atoms with Crippen molar-refractivity contribution in [2.45, 2.75) is 51.1 Å². The summed E-state index contributed by atoms with van der Waals surface area (Å²) >= 11 is 1.48. The Balaban J connectivity index is 1.82. The number of benzene rings is 2. The Labute approximate surface area is 178 Å². The number of rotatable bonds is 5. The van der Waals surface area contributed by atoms with Gasteiger partial charge in [0, 0.05) is 23.2 Å². The van der Waals surface area contributed by atoms with Crippen LogP contribution in [0.1, 0.15) is 43.0 Å². The molecule has 0 spiro atoms. The molecule has 4 aromatic rings. The molecule has 154 valence electrons. The number of para-hydroxylation sites is 1. The lowest BCUT2D eigenvalue weighted by Crippen LogP contribution is -2.26. The molecule has 2 aromatic carbocycles. The average molecular weight is 421 g/mol. The van der Waals surface area contributed by atoms with Crippen molar-refractivity contribution in [3.63, 3.8) is 0 Å². The molecule has 0 amide bonds. The van der Waals surface area contributed by atoms with Gasteiger partial charge >= 0.3 is 5.63 Å². The van der Waals surface area contributed by atoms with Gasteiger partial charge in [0.2, 0.25) is 0 Å². The predicted octanol–water partition coefficient (Wildman–Crippen LogP) is 5.38. The lowest BCUT2D eigenvalue weighted by molar-refractivity contribution is 0.468. The summed E-state index contributed by atoms with van der Waals surface area (Å²) in [6.07, 6.45) is 0.823. The summed E-state index contributed by atoms with van der Waals surface area (Å²) in [6.45, 7) is 8.05. The summed E-state index contributed by atoms with van der Waals surface area (Å²) < 4.78 is 7.26. The van der Waals surface area contributed by atoms with Gasteiger partial charge in [0.25, 0.3) is 5.56 Å². The molecular weight excluding hydrogens is 396 g/mol. The number of aryl methyl sites for hydroxylation is 2. The quantitative estimate of drug-likeness (QED) is 0.246. The molecule has 0 N–H and O–H groups in total. The van der Waals surface area contributed by atoms with Crippen molar-refractivity contribution in [2.24, 2.45) is 0 Å². The van der Waals surface area contributed by atoms with Crippen molar-refractivity contribution in [3.05, 3.63) is 79.9 Å². The molecule has 30 heavy (non-hydrogen) atoms. The standard InChI is InChI=1S/C24H24N2O3S/c1-5-15(3)26-23(28)19-8-6-7-9-20(19)25-24(26)30-13-17-12-21(27)29-22-16(4)14(2)10-11-18(17)22/h6-12,15H,5,13H2,1-4H3. The van der Waals surface area contributed by atoms with Crippen LogP contribution in [0.25, 0.3) is 21.9 Å². The summed E-state index contributed by atoms with van der Waals surface area (Å²) in [5, 5.41) is 2.21. The van der Waals surface area contributed by atoms with Crippen molar-refractivity contribution < 1.29 is 4.42 Å². The van der Waals surface area contributed by atoms with E-state index in [-0.39, 0.29) is 17.2 Å². The van der Waals surface area contributed by atoms with Gasteiger partial charge in [0.15, 0.2) is 5.16 Å². The van der Waals surface area contributed by atoms with Crippen LogP contribution in [0.3, 0.4) is 0 Å². The van der Waals surface area contributed by atoms with Crippen LogP contribution in [0, 0.1) is 13.8 Å². The van der Waals surface area contributed by atoms with Gasteiger partial charge in [-0.05, 0) is 56.0 Å². The Bertz CT molecular complexity index is 1370. The van der Waals surface area contributed by atoms with Crippen molar-refractivity contribution >= 4 is 33.6 Å². The molecule has 0 aliphatic heterocycles. The van der Waals surface area contributed by atoms with Crippen molar-refractivity contribution in [3.8, 4) is 0 Å². The summed E-state index contributed by atoms with van der Waals surface area (Å²) in [4.78, 5) is 30.1. The zero-order valence-electron chi connectivity index (χ0n) is 17.6. The second kappa shape index (κ2) is 8.11. The van der Waals surface area contributed by atoms with E-state index >= 15 is 0 Å². The van der Waals surface area contributed by atoms with Crippen LogP contribution in [-0.4, -0.2) is 9.55 Å². The maximum absolute atomic E-state index is 13.2. The van der Waals surface area contributed by atoms with Gasteiger partial charge in [0.1, 0.15) is 5.58 Å². The Morgan fingerprint density at radius 3 is 2.63 bits per heavy atom. The molecule has 2 aromatic heterocycles. The molecular formula is C24H24N2O3S. The van der Waals surface area contributed by atoms with Gasteiger partial charge in [-0.3, -0.25) is 9.36 Å². The molecule has 0 fully saturated rings. The number of fused-ring (bicyclic) bond motifs is 2. The largest absolute Gasteiger partial charge is 0.422 e. The van der Waals surface area contributed by atoms with Gasteiger partial charge in [-0.15, -0.1) is 0 Å². The molecule has 0 aliphatic carbocycles. The van der Waals surface area contributed by atoms with E-state index in [4.69, 9.17) is 9.40 Å². The molecule has 0 aliphatic rings. The third kappa shape index (κ3) is 3.56. The van der Waals surface area contributed by atoms with E-state index in [2.05, 4.69) is 6.92 Å². The van der Waals surface area contributed by atoms with Gasteiger partial charge in [0.05, 0.1) is 10.9 Å². The summed E-state index contributed by atoms with van der Waals surface area (Å²) in [7, 11) is 0. The Hall–Kier alpha value is -2.86. The van der Waals surface area contributed by atoms with Gasteiger partial charge in [-0.1, -0.05) is 43.0 Å². The van der Waals surface area contributed by atoms with Crippen LogP contribution in [0.5, 0.6) is 0 Å². The molecule has 0 bridgehead atoms. The summed E-state index contributed by atoms with van der Waals surface area (Å²) in [5.41, 5.74) is 3.86. The first-order valence-electron chi connectivity index (χ1n) is 10.1. The summed E-state index contributed by atoms with van der Waals surface area (Å²) in [6, 6.07) is 13.0. The lowest BCUT2D eigenvalue weighted by atomic mass is 10.0. The van der Waals surface area contributed by atoms with Crippen LogP contribution in [-0.2, 0) is 5.75 Å². The van der Waals surface area contributed by atoms with Gasteiger partial charge < -0.3 is 4.42 Å². The number of hydrogen-bond donors (Lipinski definition) is 0. The minimum absolute atomic E-state index is 0.0265. The lowest BCUT2D eigenvalue weighted by Gasteiger charge is -2.18. The second-order valence-corrected chi connectivity index (χ2v) is 8.55. The summed E-state index contributed by atoms with van der Waals surface area (Å²) in [5.74, 6) is 0.520. The maximum Gasteiger partial charge on any atom is 0.336 e. The molecule has 1 atom stereocenters. The van der Waals surface area contributed by atoms with Crippen LogP contribution in [0.4, 0.5) is 0 Å². The molecule has 1 unspecified atom stereocenters. The van der Waals surface area contributed by atoms with E-state index in [1.165, 1.54) is 17.8 Å². The second-order valence-electron chi connectivity index (χ2n) is 7.61. The normalized spacial score (nSPS) is 12.5. The first-order chi connectivity index (χ1) is 14.4. The molecule has 0 saturated heterocycles. The average Bonchev–Trinajstić information content (AvgIpc) is 2.74. The van der Waals surface area contributed by atoms with E-state index in [0.29, 0.717) is 27.4 Å². The Morgan fingerprint density at radius 2 is 1.87 bits per heavy atom. The van der Waals surface area contributed by atoms with Crippen LogP contribution in [0.15, 0.2) is 61.6 Å². The topological polar surface area (TPSA) is 65.1 Å². The van der Waals surface area contributed by atoms with Crippen LogP contribution in [0.2, 0.25) is 0 Å². The first kappa shape index (κ1) is 20.4. The Morgan fingerprint density at radius 1 is 1.10 bits per heavy atom.